The number of anilines is 2. The minimum Gasteiger partial charge on any atom is -0.390 e. The molecule has 2 N–H and O–H groups in total. The maximum Gasteiger partial charge on any atom is 0.137 e. The highest BCUT2D eigenvalue weighted by molar-refractivity contribution is 5.58. The van der Waals surface area contributed by atoms with Gasteiger partial charge in [0.2, 0.25) is 0 Å². The Morgan fingerprint density at radius 3 is 2.81 bits per heavy atom. The molecule has 5 heteroatoms. The van der Waals surface area contributed by atoms with E-state index in [1.54, 1.807) is 6.33 Å². The fraction of sp³-hybridized carbons (Fsp3) is 0.750. The van der Waals surface area contributed by atoms with E-state index in [0.717, 1.165) is 63.4 Å². The predicted molar refractivity (Wildman–Crippen MR) is 86.9 cm³/mol. The second kappa shape index (κ2) is 7.07. The van der Waals surface area contributed by atoms with Crippen LogP contribution in [0, 0.1) is 0 Å². The van der Waals surface area contributed by atoms with E-state index in [0.29, 0.717) is 0 Å². The first kappa shape index (κ1) is 16.0. The number of hydrogen-bond acceptors (Lipinski definition) is 5. The molecule has 5 nitrogen and oxygen atoms in total. The SMILES string of the molecule is CCCNc1ncnc(N2CCCC(C)(O)CC2)c1CC. The van der Waals surface area contributed by atoms with Crippen molar-refractivity contribution < 1.29 is 5.11 Å². The fourth-order valence-electron chi connectivity index (χ4n) is 2.87. The summed E-state index contributed by atoms with van der Waals surface area (Å²) >= 11 is 0. The van der Waals surface area contributed by atoms with Gasteiger partial charge in [-0.05, 0) is 39.0 Å². The molecule has 0 radical (unpaired) electrons. The van der Waals surface area contributed by atoms with Gasteiger partial charge in [0.1, 0.15) is 18.0 Å². The number of nitrogens with zero attached hydrogens (tertiary/aromatic N) is 3. The third-order valence-corrected chi connectivity index (χ3v) is 4.18. The van der Waals surface area contributed by atoms with Gasteiger partial charge in [0.05, 0.1) is 5.60 Å². The van der Waals surface area contributed by atoms with Gasteiger partial charge in [-0.15, -0.1) is 0 Å². The number of aliphatic hydroxyl groups is 1. The molecule has 21 heavy (non-hydrogen) atoms. The summed E-state index contributed by atoms with van der Waals surface area (Å²) in [7, 11) is 0. The minimum atomic E-state index is -0.544. The fourth-order valence-corrected chi connectivity index (χ4v) is 2.87. The lowest BCUT2D eigenvalue weighted by atomic mass is 9.98. The first-order chi connectivity index (χ1) is 10.1. The Hall–Kier alpha value is -1.36. The molecular formula is C16H28N4O. The first-order valence-corrected chi connectivity index (χ1v) is 8.12. The molecule has 1 aromatic rings. The van der Waals surface area contributed by atoms with E-state index in [1.807, 2.05) is 6.92 Å². The summed E-state index contributed by atoms with van der Waals surface area (Å²) in [6.45, 7) is 8.96. The van der Waals surface area contributed by atoms with E-state index in [4.69, 9.17) is 0 Å². The van der Waals surface area contributed by atoms with E-state index < -0.39 is 5.60 Å². The van der Waals surface area contributed by atoms with Crippen molar-refractivity contribution in [1.29, 1.82) is 0 Å². The highest BCUT2D eigenvalue weighted by atomic mass is 16.3. The smallest absolute Gasteiger partial charge is 0.137 e. The van der Waals surface area contributed by atoms with Crippen LogP contribution in [0.15, 0.2) is 6.33 Å². The molecule has 2 rings (SSSR count). The molecule has 0 spiro atoms. The van der Waals surface area contributed by atoms with Crippen molar-refractivity contribution in [2.75, 3.05) is 29.9 Å². The van der Waals surface area contributed by atoms with E-state index >= 15 is 0 Å². The van der Waals surface area contributed by atoms with Crippen LogP contribution in [-0.2, 0) is 6.42 Å². The minimum absolute atomic E-state index is 0.544. The van der Waals surface area contributed by atoms with Gasteiger partial charge in [0.15, 0.2) is 0 Å². The van der Waals surface area contributed by atoms with Crippen LogP contribution in [-0.4, -0.2) is 40.3 Å². The van der Waals surface area contributed by atoms with Crippen LogP contribution in [0.1, 0.15) is 52.0 Å². The molecule has 1 fully saturated rings. The lowest BCUT2D eigenvalue weighted by Crippen LogP contribution is -2.29. The summed E-state index contributed by atoms with van der Waals surface area (Å²) in [4.78, 5) is 11.2. The molecule has 1 aliphatic heterocycles. The van der Waals surface area contributed by atoms with Crippen molar-refractivity contribution >= 4 is 11.6 Å². The Morgan fingerprint density at radius 2 is 2.10 bits per heavy atom. The van der Waals surface area contributed by atoms with Crippen molar-refractivity contribution in [2.24, 2.45) is 0 Å². The molecule has 1 aliphatic rings. The largest absolute Gasteiger partial charge is 0.390 e. The zero-order valence-electron chi connectivity index (χ0n) is 13.5. The lowest BCUT2D eigenvalue weighted by Gasteiger charge is -2.26. The van der Waals surface area contributed by atoms with Gasteiger partial charge in [0.25, 0.3) is 0 Å². The standard InChI is InChI=1S/C16H28N4O/c1-4-9-17-14-13(5-2)15(19-12-18-14)20-10-6-7-16(3,21)8-11-20/h12,21H,4-11H2,1-3H3,(H,17,18,19). The Balaban J connectivity index is 2.22. The van der Waals surface area contributed by atoms with Crippen molar-refractivity contribution in [1.82, 2.24) is 9.97 Å². The molecule has 0 saturated carbocycles. The molecule has 0 bridgehead atoms. The Morgan fingerprint density at radius 1 is 1.29 bits per heavy atom. The van der Waals surface area contributed by atoms with Crippen molar-refractivity contribution in [3.8, 4) is 0 Å². The van der Waals surface area contributed by atoms with Crippen molar-refractivity contribution in [3.63, 3.8) is 0 Å². The van der Waals surface area contributed by atoms with E-state index in [2.05, 4.69) is 34.0 Å². The number of nitrogens with one attached hydrogen (secondary N) is 1. The van der Waals surface area contributed by atoms with E-state index in [-0.39, 0.29) is 0 Å². The molecule has 118 valence electrons. The summed E-state index contributed by atoms with van der Waals surface area (Å²) in [6, 6.07) is 0. The maximum absolute atomic E-state index is 10.2. The average molecular weight is 292 g/mol. The molecular weight excluding hydrogens is 264 g/mol. The average Bonchev–Trinajstić information content (AvgIpc) is 2.65. The quantitative estimate of drug-likeness (QED) is 0.873. The van der Waals surface area contributed by atoms with Crippen LogP contribution in [0.4, 0.5) is 11.6 Å². The van der Waals surface area contributed by atoms with Gasteiger partial charge in [-0.2, -0.15) is 0 Å². The van der Waals surface area contributed by atoms with E-state index in [9.17, 15) is 5.11 Å². The number of aromatic nitrogens is 2. The molecule has 1 atom stereocenters. The van der Waals surface area contributed by atoms with Crippen LogP contribution in [0.2, 0.25) is 0 Å². The Kier molecular flexibility index (Phi) is 5.39. The van der Waals surface area contributed by atoms with Gasteiger partial charge in [-0.25, -0.2) is 9.97 Å². The van der Waals surface area contributed by atoms with Gasteiger partial charge in [0, 0.05) is 25.2 Å². The van der Waals surface area contributed by atoms with Crippen LogP contribution < -0.4 is 10.2 Å². The van der Waals surface area contributed by atoms with Crippen LogP contribution >= 0.6 is 0 Å². The topological polar surface area (TPSA) is 61.3 Å². The van der Waals surface area contributed by atoms with Gasteiger partial charge < -0.3 is 15.3 Å². The van der Waals surface area contributed by atoms with E-state index in [1.165, 1.54) is 5.56 Å². The molecule has 1 saturated heterocycles. The van der Waals surface area contributed by atoms with Gasteiger partial charge in [-0.1, -0.05) is 13.8 Å². The van der Waals surface area contributed by atoms with Crippen LogP contribution in [0.5, 0.6) is 0 Å². The third kappa shape index (κ3) is 4.06. The Bertz CT molecular complexity index is 462. The summed E-state index contributed by atoms with van der Waals surface area (Å²) in [5, 5.41) is 13.6. The zero-order chi connectivity index (χ0) is 15.3. The maximum atomic E-state index is 10.2. The molecule has 0 aromatic carbocycles. The summed E-state index contributed by atoms with van der Waals surface area (Å²) in [5.41, 5.74) is 0.643. The molecule has 0 amide bonds. The Labute approximate surface area is 127 Å². The molecule has 2 heterocycles. The number of rotatable bonds is 5. The summed E-state index contributed by atoms with van der Waals surface area (Å²) in [5.74, 6) is 1.99. The highest BCUT2D eigenvalue weighted by Crippen LogP contribution is 2.28. The zero-order valence-corrected chi connectivity index (χ0v) is 13.5. The van der Waals surface area contributed by atoms with Crippen molar-refractivity contribution in [2.45, 2.75) is 58.5 Å². The van der Waals surface area contributed by atoms with Crippen LogP contribution in [0.25, 0.3) is 0 Å². The predicted octanol–water partition coefficient (Wildman–Crippen LogP) is 2.60. The number of hydrogen-bond donors (Lipinski definition) is 2. The van der Waals surface area contributed by atoms with Crippen molar-refractivity contribution in [3.05, 3.63) is 11.9 Å². The van der Waals surface area contributed by atoms with Crippen LogP contribution in [0.3, 0.4) is 0 Å². The summed E-state index contributed by atoms with van der Waals surface area (Å²) < 4.78 is 0. The first-order valence-electron chi connectivity index (χ1n) is 8.12. The molecule has 0 aliphatic carbocycles. The molecule has 1 aromatic heterocycles. The molecule has 1 unspecified atom stereocenters. The van der Waals surface area contributed by atoms with Gasteiger partial charge >= 0.3 is 0 Å². The third-order valence-electron chi connectivity index (χ3n) is 4.18. The second-order valence-corrected chi connectivity index (χ2v) is 6.14. The second-order valence-electron chi connectivity index (χ2n) is 6.14. The monoisotopic (exact) mass is 292 g/mol. The normalized spacial score (nSPS) is 23.0. The lowest BCUT2D eigenvalue weighted by molar-refractivity contribution is 0.0481. The van der Waals surface area contributed by atoms with Gasteiger partial charge in [-0.3, -0.25) is 0 Å². The highest BCUT2D eigenvalue weighted by Gasteiger charge is 2.26. The summed E-state index contributed by atoms with van der Waals surface area (Å²) in [6.07, 6.45) is 6.28.